The van der Waals surface area contributed by atoms with E-state index in [1.807, 2.05) is 91.0 Å². The van der Waals surface area contributed by atoms with E-state index >= 15 is 0 Å². The molecule has 3 aromatic carbocycles. The van der Waals surface area contributed by atoms with E-state index in [0.717, 1.165) is 16.7 Å². The van der Waals surface area contributed by atoms with Crippen molar-refractivity contribution < 1.29 is 14.7 Å². The van der Waals surface area contributed by atoms with Crippen molar-refractivity contribution in [1.82, 2.24) is 6.15 Å². The van der Waals surface area contributed by atoms with Gasteiger partial charge in [0.25, 0.3) is 0 Å². The minimum absolute atomic E-state index is 0. The summed E-state index contributed by atoms with van der Waals surface area (Å²) in [5.41, 5.74) is 1.79. The molecule has 26 heavy (non-hydrogen) atoms. The van der Waals surface area contributed by atoms with Crippen molar-refractivity contribution in [3.8, 4) is 0 Å². The molecule has 0 aliphatic carbocycles. The molecule has 0 fully saturated rings. The van der Waals surface area contributed by atoms with Crippen molar-refractivity contribution in [3.05, 3.63) is 114 Å². The summed E-state index contributed by atoms with van der Waals surface area (Å²) >= 11 is 0. The summed E-state index contributed by atoms with van der Waals surface area (Å²) in [5, 5.41) is 19.4. The molecule has 3 rings (SSSR count). The first-order valence-corrected chi connectivity index (χ1v) is 8.04. The number of rotatable bonds is 6. The van der Waals surface area contributed by atoms with Crippen LogP contribution in [0.2, 0.25) is 0 Å². The second-order valence-corrected chi connectivity index (χ2v) is 5.70. The molecule has 0 bridgehead atoms. The Morgan fingerprint density at radius 3 is 1.50 bits per heavy atom. The van der Waals surface area contributed by atoms with Gasteiger partial charge in [0, 0.05) is 0 Å². The van der Waals surface area contributed by atoms with Gasteiger partial charge >= 0.3 is 7.32 Å². The topological polar surface area (TPSA) is 84.7 Å². The quantitative estimate of drug-likeness (QED) is 0.592. The first-order chi connectivity index (χ1) is 12.1. The fourth-order valence-electron chi connectivity index (χ4n) is 3.07. The van der Waals surface area contributed by atoms with Gasteiger partial charge in [-0.15, -0.1) is 0 Å². The van der Waals surface area contributed by atoms with Crippen LogP contribution in [0.5, 0.6) is 0 Å². The highest BCUT2D eigenvalue weighted by molar-refractivity contribution is 6.33. The van der Waals surface area contributed by atoms with Gasteiger partial charge in [0.05, 0.1) is 0 Å². The average Bonchev–Trinajstić information content (AvgIpc) is 2.67. The van der Waals surface area contributed by atoms with Crippen LogP contribution in [0.1, 0.15) is 16.7 Å². The molecule has 0 aliphatic heterocycles. The van der Waals surface area contributed by atoms with Gasteiger partial charge in [-0.05, 0) is 22.3 Å². The lowest BCUT2D eigenvalue weighted by molar-refractivity contribution is 0.0953. The molecule has 3 aromatic rings. The van der Waals surface area contributed by atoms with Gasteiger partial charge in [0.15, 0.2) is 0 Å². The molecule has 0 saturated carbocycles. The molecule has 0 saturated heterocycles. The van der Waals surface area contributed by atoms with Crippen LogP contribution in [-0.2, 0) is 10.3 Å². The monoisotopic (exact) mass is 347 g/mol. The van der Waals surface area contributed by atoms with Crippen LogP contribution in [0.3, 0.4) is 0 Å². The molecule has 132 valence electrons. The van der Waals surface area contributed by atoms with Crippen molar-refractivity contribution in [2.45, 2.75) is 5.60 Å². The Labute approximate surface area is 154 Å². The van der Waals surface area contributed by atoms with Gasteiger partial charge in [-0.25, -0.2) is 0 Å². The molecule has 0 aromatic heterocycles. The van der Waals surface area contributed by atoms with E-state index in [2.05, 4.69) is 6.58 Å². The lowest BCUT2D eigenvalue weighted by Crippen LogP contribution is -2.39. The van der Waals surface area contributed by atoms with E-state index < -0.39 is 12.9 Å². The zero-order chi connectivity index (χ0) is 17.7. The first kappa shape index (κ1) is 19.6. The molecule has 0 atom stereocenters. The molecule has 4 nitrogen and oxygen atoms in total. The molecule has 0 unspecified atom stereocenters. The maximum absolute atomic E-state index is 9.70. The second-order valence-electron chi connectivity index (χ2n) is 5.70. The van der Waals surface area contributed by atoms with E-state index in [1.54, 1.807) is 0 Å². The predicted molar refractivity (Wildman–Crippen MR) is 105 cm³/mol. The molecular weight excluding hydrogens is 325 g/mol. The standard InChI is InChI=1S/C21H19BO3.H3N/c1-17(18-11-5-2-6-12-18)21(25-22(23)24,19-13-7-3-8-14-19)20-15-9-4-10-16-20;/h2-16,23-24H,1H2;1H3. The molecule has 5 heteroatoms. The van der Waals surface area contributed by atoms with Crippen LogP contribution >= 0.6 is 0 Å². The first-order valence-electron chi connectivity index (χ1n) is 8.04. The van der Waals surface area contributed by atoms with E-state index in [9.17, 15) is 10.0 Å². The minimum atomic E-state index is -1.96. The average molecular weight is 347 g/mol. The van der Waals surface area contributed by atoms with E-state index in [-0.39, 0.29) is 6.15 Å². The van der Waals surface area contributed by atoms with Crippen molar-refractivity contribution in [2.75, 3.05) is 0 Å². The normalized spacial score (nSPS) is 10.7. The highest BCUT2D eigenvalue weighted by Gasteiger charge is 2.42. The summed E-state index contributed by atoms with van der Waals surface area (Å²) in [6, 6.07) is 28.5. The van der Waals surface area contributed by atoms with Gasteiger partial charge in [-0.1, -0.05) is 97.6 Å². The zero-order valence-electron chi connectivity index (χ0n) is 14.5. The third-order valence-electron chi connectivity index (χ3n) is 4.19. The molecule has 0 aliphatic rings. The highest BCUT2D eigenvalue weighted by Crippen LogP contribution is 2.44. The molecule has 0 heterocycles. The maximum atomic E-state index is 9.70. The predicted octanol–water partition coefficient (Wildman–Crippen LogP) is 3.79. The highest BCUT2D eigenvalue weighted by atomic mass is 16.6. The van der Waals surface area contributed by atoms with Crippen LogP contribution in [0, 0.1) is 0 Å². The zero-order valence-corrected chi connectivity index (χ0v) is 14.5. The Balaban J connectivity index is 0.00000243. The number of benzene rings is 3. The Bertz CT molecular complexity index is 784. The van der Waals surface area contributed by atoms with E-state index in [4.69, 9.17) is 4.65 Å². The maximum Gasteiger partial charge on any atom is 0.635 e. The summed E-state index contributed by atoms with van der Waals surface area (Å²) in [4.78, 5) is 0. The Hall–Kier alpha value is -2.70. The molecule has 0 amide bonds. The van der Waals surface area contributed by atoms with Gasteiger partial charge in [0.2, 0.25) is 0 Å². The largest absolute Gasteiger partial charge is 0.635 e. The van der Waals surface area contributed by atoms with E-state index in [1.165, 1.54) is 0 Å². The van der Waals surface area contributed by atoms with Crippen molar-refractivity contribution in [3.63, 3.8) is 0 Å². The van der Waals surface area contributed by atoms with Crippen molar-refractivity contribution in [2.24, 2.45) is 0 Å². The summed E-state index contributed by atoms with van der Waals surface area (Å²) in [6.45, 7) is 4.26. The Kier molecular flexibility index (Phi) is 6.49. The second kappa shape index (κ2) is 8.60. The third-order valence-corrected chi connectivity index (χ3v) is 4.19. The lowest BCUT2D eigenvalue weighted by atomic mass is 9.76. The fraction of sp³-hybridized carbons (Fsp3) is 0.0476. The minimum Gasteiger partial charge on any atom is -0.402 e. The SMILES string of the molecule is C=C(c1ccccc1)C(OB(O)O)(c1ccccc1)c1ccccc1.N. The van der Waals surface area contributed by atoms with Crippen molar-refractivity contribution >= 4 is 12.9 Å². The van der Waals surface area contributed by atoms with Crippen molar-refractivity contribution in [1.29, 1.82) is 0 Å². The molecular formula is C21H22BNO3. The van der Waals surface area contributed by atoms with Gasteiger partial charge < -0.3 is 20.9 Å². The fourth-order valence-corrected chi connectivity index (χ4v) is 3.07. The third kappa shape index (κ3) is 3.76. The van der Waals surface area contributed by atoms with Gasteiger partial charge in [0.1, 0.15) is 5.60 Å². The Morgan fingerprint density at radius 1 is 0.731 bits per heavy atom. The van der Waals surface area contributed by atoms with Crippen LogP contribution in [0.25, 0.3) is 5.57 Å². The number of hydrogen-bond donors (Lipinski definition) is 3. The van der Waals surface area contributed by atoms with Crippen LogP contribution in [0.4, 0.5) is 0 Å². The van der Waals surface area contributed by atoms with E-state index in [0.29, 0.717) is 5.57 Å². The summed E-state index contributed by atoms with van der Waals surface area (Å²) in [7, 11) is -1.96. The lowest BCUT2D eigenvalue weighted by Gasteiger charge is -2.37. The van der Waals surface area contributed by atoms with Crippen LogP contribution in [0.15, 0.2) is 97.6 Å². The van der Waals surface area contributed by atoms with Crippen LogP contribution in [-0.4, -0.2) is 17.4 Å². The summed E-state index contributed by atoms with van der Waals surface area (Å²) in [5.74, 6) is 0. The smallest absolute Gasteiger partial charge is 0.402 e. The van der Waals surface area contributed by atoms with Gasteiger partial charge in [-0.3, -0.25) is 0 Å². The van der Waals surface area contributed by atoms with Crippen LogP contribution < -0.4 is 6.15 Å². The summed E-state index contributed by atoms with van der Waals surface area (Å²) < 4.78 is 5.74. The Morgan fingerprint density at radius 2 is 1.12 bits per heavy atom. The number of hydrogen-bond acceptors (Lipinski definition) is 4. The molecule has 0 spiro atoms. The summed E-state index contributed by atoms with van der Waals surface area (Å²) in [6.07, 6.45) is 0. The molecule has 0 radical (unpaired) electrons. The molecule has 5 N–H and O–H groups in total. The van der Waals surface area contributed by atoms with Gasteiger partial charge in [-0.2, -0.15) is 0 Å².